The van der Waals surface area contributed by atoms with Crippen LogP contribution in [-0.4, -0.2) is 51.0 Å². The average molecular weight is 397 g/mol. The second kappa shape index (κ2) is 8.48. The fourth-order valence-electron chi connectivity index (χ4n) is 3.56. The van der Waals surface area contributed by atoms with E-state index in [1.165, 1.54) is 10.4 Å². The lowest BCUT2D eigenvalue weighted by Gasteiger charge is -2.31. The molecule has 1 amide bonds. The molecule has 1 N–H and O–H groups in total. The van der Waals surface area contributed by atoms with E-state index in [-0.39, 0.29) is 22.8 Å². The van der Waals surface area contributed by atoms with Crippen molar-refractivity contribution in [3.63, 3.8) is 0 Å². The van der Waals surface area contributed by atoms with Gasteiger partial charge in [0.1, 0.15) is 13.2 Å². The van der Waals surface area contributed by atoms with E-state index in [0.29, 0.717) is 50.6 Å². The number of amides is 1. The predicted molar refractivity (Wildman–Crippen MR) is 101 cm³/mol. The van der Waals surface area contributed by atoms with E-state index < -0.39 is 10.0 Å². The maximum Gasteiger partial charge on any atom is 0.243 e. The van der Waals surface area contributed by atoms with Crippen molar-refractivity contribution in [1.82, 2.24) is 9.62 Å². The van der Waals surface area contributed by atoms with Crippen LogP contribution < -0.4 is 14.8 Å². The topological polar surface area (TPSA) is 84.9 Å². The third kappa shape index (κ3) is 4.55. The van der Waals surface area contributed by atoms with Gasteiger partial charge in [-0.25, -0.2) is 8.42 Å². The number of carbonyl (C=O) groups is 1. The number of piperidine rings is 1. The molecule has 0 radical (unpaired) electrons. The van der Waals surface area contributed by atoms with Crippen molar-refractivity contribution in [2.24, 2.45) is 5.92 Å². The number of ether oxygens (including phenoxy) is 2. The number of fused-ring (bicyclic) bond motifs is 1. The monoisotopic (exact) mass is 396 g/mol. The van der Waals surface area contributed by atoms with Crippen molar-refractivity contribution in [3.8, 4) is 11.5 Å². The number of benzene rings is 1. The lowest BCUT2D eigenvalue weighted by Crippen LogP contribution is -2.44. The summed E-state index contributed by atoms with van der Waals surface area (Å²) in [4.78, 5) is 12.6. The second-order valence-corrected chi connectivity index (χ2v) is 9.12. The van der Waals surface area contributed by atoms with Gasteiger partial charge in [-0.15, -0.1) is 0 Å². The summed E-state index contributed by atoms with van der Waals surface area (Å²) >= 11 is 0. The zero-order valence-electron chi connectivity index (χ0n) is 15.9. The third-order valence-corrected chi connectivity index (χ3v) is 6.98. The summed E-state index contributed by atoms with van der Waals surface area (Å²) in [5.41, 5.74) is 0. The fourth-order valence-corrected chi connectivity index (χ4v) is 5.04. The molecule has 0 bridgehead atoms. The van der Waals surface area contributed by atoms with Crippen molar-refractivity contribution < 1.29 is 22.7 Å². The molecule has 0 aliphatic carbocycles. The van der Waals surface area contributed by atoms with Crippen LogP contribution in [0.3, 0.4) is 0 Å². The Morgan fingerprint density at radius 2 is 1.89 bits per heavy atom. The van der Waals surface area contributed by atoms with Crippen molar-refractivity contribution in [2.75, 3.05) is 26.3 Å². The van der Waals surface area contributed by atoms with Gasteiger partial charge in [-0.3, -0.25) is 4.79 Å². The van der Waals surface area contributed by atoms with Crippen LogP contribution in [0.15, 0.2) is 23.1 Å². The SMILES string of the molecule is CCCC(C)NC(=O)C1CCN(S(=O)(=O)c2ccc3c(c2)OCCO3)CC1. The average Bonchev–Trinajstić information content (AvgIpc) is 2.67. The van der Waals surface area contributed by atoms with E-state index in [0.717, 1.165) is 12.8 Å². The Balaban J connectivity index is 1.62. The Bertz CT molecular complexity index is 772. The molecule has 1 saturated heterocycles. The Kier molecular flexibility index (Phi) is 6.26. The maximum absolute atomic E-state index is 12.9. The first-order chi connectivity index (χ1) is 12.9. The molecule has 0 saturated carbocycles. The summed E-state index contributed by atoms with van der Waals surface area (Å²) in [5.74, 6) is 0.932. The second-order valence-electron chi connectivity index (χ2n) is 7.18. The Morgan fingerprint density at radius 3 is 2.56 bits per heavy atom. The van der Waals surface area contributed by atoms with Crippen LogP contribution >= 0.6 is 0 Å². The number of sulfonamides is 1. The van der Waals surface area contributed by atoms with Gasteiger partial charge in [0.05, 0.1) is 4.90 Å². The highest BCUT2D eigenvalue weighted by atomic mass is 32.2. The van der Waals surface area contributed by atoms with E-state index in [1.807, 2.05) is 6.92 Å². The van der Waals surface area contributed by atoms with Gasteiger partial charge in [0.25, 0.3) is 0 Å². The van der Waals surface area contributed by atoms with Crippen LogP contribution in [0, 0.1) is 5.92 Å². The molecule has 27 heavy (non-hydrogen) atoms. The molecule has 8 heteroatoms. The van der Waals surface area contributed by atoms with Gasteiger partial charge in [-0.05, 0) is 38.3 Å². The predicted octanol–water partition coefficient (Wildman–Crippen LogP) is 2.16. The summed E-state index contributed by atoms with van der Waals surface area (Å²) in [6.07, 6.45) is 3.04. The Hall–Kier alpha value is -1.80. The van der Waals surface area contributed by atoms with E-state index >= 15 is 0 Å². The van der Waals surface area contributed by atoms with Gasteiger partial charge >= 0.3 is 0 Å². The normalized spacial score (nSPS) is 19.5. The molecule has 1 aromatic carbocycles. The van der Waals surface area contributed by atoms with Gasteiger partial charge in [-0.2, -0.15) is 4.31 Å². The maximum atomic E-state index is 12.9. The van der Waals surface area contributed by atoms with Crippen LogP contribution in [-0.2, 0) is 14.8 Å². The number of carbonyl (C=O) groups excluding carboxylic acids is 1. The van der Waals surface area contributed by atoms with Crippen LogP contribution in [0.5, 0.6) is 11.5 Å². The zero-order valence-corrected chi connectivity index (χ0v) is 16.8. The molecule has 2 aliphatic heterocycles. The van der Waals surface area contributed by atoms with Crippen molar-refractivity contribution >= 4 is 15.9 Å². The molecule has 7 nitrogen and oxygen atoms in total. The highest BCUT2D eigenvalue weighted by Gasteiger charge is 2.33. The minimum absolute atomic E-state index is 0.0346. The Morgan fingerprint density at radius 1 is 1.22 bits per heavy atom. The lowest BCUT2D eigenvalue weighted by atomic mass is 9.96. The van der Waals surface area contributed by atoms with Crippen molar-refractivity contribution in [1.29, 1.82) is 0 Å². The van der Waals surface area contributed by atoms with Crippen molar-refractivity contribution in [2.45, 2.75) is 50.5 Å². The Labute approximate surface area is 161 Å². The summed E-state index contributed by atoms with van der Waals surface area (Å²) in [6.45, 7) is 5.65. The van der Waals surface area contributed by atoms with Gasteiger partial charge < -0.3 is 14.8 Å². The first kappa shape index (κ1) is 19.9. The summed E-state index contributed by atoms with van der Waals surface area (Å²) in [5, 5.41) is 3.03. The number of hydrogen-bond acceptors (Lipinski definition) is 5. The molecule has 1 fully saturated rings. The standard InChI is InChI=1S/C19H28N2O5S/c1-3-4-14(2)20-19(22)15-7-9-21(10-8-15)27(23,24)16-5-6-17-18(13-16)26-12-11-25-17/h5-6,13-15H,3-4,7-12H2,1-2H3,(H,20,22). The van der Waals surface area contributed by atoms with Gasteiger partial charge in [-0.1, -0.05) is 13.3 Å². The van der Waals surface area contributed by atoms with E-state index in [9.17, 15) is 13.2 Å². The van der Waals surface area contributed by atoms with E-state index in [2.05, 4.69) is 12.2 Å². The molecule has 2 aliphatic rings. The third-order valence-electron chi connectivity index (χ3n) is 5.09. The largest absolute Gasteiger partial charge is 0.486 e. The molecule has 150 valence electrons. The molecule has 1 unspecified atom stereocenters. The summed E-state index contributed by atoms with van der Waals surface area (Å²) in [7, 11) is -3.61. The number of rotatable bonds is 6. The minimum Gasteiger partial charge on any atom is -0.486 e. The lowest BCUT2D eigenvalue weighted by molar-refractivity contribution is -0.126. The summed E-state index contributed by atoms with van der Waals surface area (Å²) in [6, 6.07) is 4.86. The quantitative estimate of drug-likeness (QED) is 0.797. The molecule has 0 aromatic heterocycles. The molecule has 1 aromatic rings. The van der Waals surface area contributed by atoms with E-state index in [1.54, 1.807) is 12.1 Å². The number of nitrogens with zero attached hydrogens (tertiary/aromatic N) is 1. The van der Waals surface area contributed by atoms with Gasteiger partial charge in [0, 0.05) is 31.1 Å². The van der Waals surface area contributed by atoms with Crippen LogP contribution in [0.25, 0.3) is 0 Å². The highest BCUT2D eigenvalue weighted by Crippen LogP contribution is 2.34. The molecular formula is C19H28N2O5S. The fraction of sp³-hybridized carbons (Fsp3) is 0.632. The van der Waals surface area contributed by atoms with E-state index in [4.69, 9.17) is 9.47 Å². The minimum atomic E-state index is -3.61. The van der Waals surface area contributed by atoms with Crippen LogP contribution in [0.4, 0.5) is 0 Å². The van der Waals surface area contributed by atoms with Gasteiger partial charge in [0.15, 0.2) is 11.5 Å². The molecule has 0 spiro atoms. The first-order valence-corrected chi connectivity index (χ1v) is 11.1. The first-order valence-electron chi connectivity index (χ1n) is 9.62. The van der Waals surface area contributed by atoms with Crippen LogP contribution in [0.2, 0.25) is 0 Å². The highest BCUT2D eigenvalue weighted by molar-refractivity contribution is 7.89. The van der Waals surface area contributed by atoms with Crippen molar-refractivity contribution in [3.05, 3.63) is 18.2 Å². The van der Waals surface area contributed by atoms with Gasteiger partial charge in [0.2, 0.25) is 15.9 Å². The molecule has 3 rings (SSSR count). The smallest absolute Gasteiger partial charge is 0.243 e. The zero-order chi connectivity index (χ0) is 19.4. The molecule has 2 heterocycles. The number of nitrogens with one attached hydrogen (secondary N) is 1. The number of hydrogen-bond donors (Lipinski definition) is 1. The van der Waals surface area contributed by atoms with Crippen LogP contribution in [0.1, 0.15) is 39.5 Å². The molecular weight excluding hydrogens is 368 g/mol. The molecule has 1 atom stereocenters. The summed E-state index contributed by atoms with van der Waals surface area (Å²) < 4.78 is 38.3.